The van der Waals surface area contributed by atoms with Gasteiger partial charge in [-0.2, -0.15) is 0 Å². The molecular weight excluding hydrogens is 352 g/mol. The molecule has 0 saturated carbocycles. The fraction of sp³-hybridized carbons (Fsp3) is 0.391. The van der Waals surface area contributed by atoms with E-state index in [-0.39, 0.29) is 24.3 Å². The number of hydrogen-bond donors (Lipinski definition) is 1. The molecule has 2 aromatic rings. The molecule has 28 heavy (non-hydrogen) atoms. The zero-order valence-electron chi connectivity index (χ0n) is 17.4. The number of carbonyl (C=O) groups excluding carboxylic acids is 2. The number of benzene rings is 2. The van der Waals surface area contributed by atoms with Gasteiger partial charge in [0.15, 0.2) is 0 Å². The molecular formula is C23H30N2O3. The average molecular weight is 383 g/mol. The van der Waals surface area contributed by atoms with Gasteiger partial charge in [-0.1, -0.05) is 42.0 Å². The highest BCUT2D eigenvalue weighted by Gasteiger charge is 2.26. The monoisotopic (exact) mass is 382 g/mol. The van der Waals surface area contributed by atoms with E-state index < -0.39 is 6.04 Å². The second-order valence-corrected chi connectivity index (χ2v) is 7.37. The van der Waals surface area contributed by atoms with Crippen molar-refractivity contribution in [3.8, 4) is 5.75 Å². The third-order valence-electron chi connectivity index (χ3n) is 4.55. The molecule has 0 spiro atoms. The predicted octanol–water partition coefficient (Wildman–Crippen LogP) is 3.49. The number of ether oxygens (including phenoxy) is 1. The molecule has 150 valence electrons. The van der Waals surface area contributed by atoms with Crippen molar-refractivity contribution in [2.45, 2.75) is 52.7 Å². The van der Waals surface area contributed by atoms with Crippen molar-refractivity contribution < 1.29 is 14.3 Å². The van der Waals surface area contributed by atoms with Crippen molar-refractivity contribution in [1.82, 2.24) is 10.2 Å². The summed E-state index contributed by atoms with van der Waals surface area (Å²) >= 11 is 0. The lowest BCUT2D eigenvalue weighted by molar-refractivity contribution is -0.140. The first-order valence-corrected chi connectivity index (χ1v) is 9.58. The van der Waals surface area contributed by atoms with Gasteiger partial charge in [-0.15, -0.1) is 0 Å². The van der Waals surface area contributed by atoms with Gasteiger partial charge in [-0.3, -0.25) is 9.59 Å². The molecule has 0 bridgehead atoms. The Bertz CT molecular complexity index is 800. The molecule has 1 N–H and O–H groups in total. The molecule has 0 radical (unpaired) electrons. The number of nitrogens with one attached hydrogen (secondary N) is 1. The predicted molar refractivity (Wildman–Crippen MR) is 111 cm³/mol. The van der Waals surface area contributed by atoms with Crippen LogP contribution in [0.4, 0.5) is 0 Å². The molecule has 1 atom stereocenters. The van der Waals surface area contributed by atoms with Gasteiger partial charge in [0.1, 0.15) is 11.8 Å². The summed E-state index contributed by atoms with van der Waals surface area (Å²) < 4.78 is 5.20. The number of carbonyl (C=O) groups is 2. The van der Waals surface area contributed by atoms with Crippen LogP contribution in [0.15, 0.2) is 48.5 Å². The molecule has 0 heterocycles. The highest BCUT2D eigenvalue weighted by atomic mass is 16.5. The normalized spacial score (nSPS) is 11.8. The van der Waals surface area contributed by atoms with E-state index in [9.17, 15) is 9.59 Å². The lowest BCUT2D eigenvalue weighted by atomic mass is 10.1. The molecule has 0 aliphatic rings. The molecule has 0 aliphatic heterocycles. The summed E-state index contributed by atoms with van der Waals surface area (Å²) in [5.74, 6) is 0.529. The first-order valence-electron chi connectivity index (χ1n) is 9.58. The number of rotatable bonds is 8. The van der Waals surface area contributed by atoms with Gasteiger partial charge >= 0.3 is 0 Å². The van der Waals surface area contributed by atoms with Gasteiger partial charge < -0.3 is 15.0 Å². The zero-order chi connectivity index (χ0) is 20.7. The van der Waals surface area contributed by atoms with Crippen molar-refractivity contribution in [2.24, 2.45) is 0 Å². The Morgan fingerprint density at radius 2 is 1.71 bits per heavy atom. The molecule has 2 rings (SSSR count). The lowest BCUT2D eigenvalue weighted by Gasteiger charge is -2.29. The van der Waals surface area contributed by atoms with Crippen LogP contribution in [0.5, 0.6) is 5.75 Å². The van der Waals surface area contributed by atoms with E-state index in [4.69, 9.17) is 4.74 Å². The number of aryl methyl sites for hydroxylation is 1. The van der Waals surface area contributed by atoms with Crippen molar-refractivity contribution in [3.63, 3.8) is 0 Å². The SMILES string of the molecule is COc1ccc(CN(C(=O)Cc2cccc(C)c2)C(C)C(=O)NC(C)C)cc1. The highest BCUT2D eigenvalue weighted by Crippen LogP contribution is 2.16. The molecule has 5 nitrogen and oxygen atoms in total. The molecule has 0 aromatic heterocycles. The van der Waals surface area contributed by atoms with Crippen molar-refractivity contribution in [1.29, 1.82) is 0 Å². The minimum atomic E-state index is -0.568. The van der Waals surface area contributed by atoms with Gasteiger partial charge in [0.05, 0.1) is 13.5 Å². The van der Waals surface area contributed by atoms with Crippen molar-refractivity contribution in [2.75, 3.05) is 7.11 Å². The second kappa shape index (κ2) is 9.93. The van der Waals surface area contributed by atoms with E-state index in [1.807, 2.05) is 69.3 Å². The summed E-state index contributed by atoms with van der Waals surface area (Å²) in [5.41, 5.74) is 3.00. The quantitative estimate of drug-likeness (QED) is 0.760. The first kappa shape index (κ1) is 21.5. The minimum Gasteiger partial charge on any atom is -0.497 e. The van der Waals surface area contributed by atoms with E-state index >= 15 is 0 Å². The first-order chi connectivity index (χ1) is 13.3. The average Bonchev–Trinajstić information content (AvgIpc) is 2.65. The number of hydrogen-bond acceptors (Lipinski definition) is 3. The van der Waals surface area contributed by atoms with Crippen LogP contribution in [0.2, 0.25) is 0 Å². The fourth-order valence-electron chi connectivity index (χ4n) is 3.01. The summed E-state index contributed by atoms with van der Waals surface area (Å²) in [6.45, 7) is 7.96. The van der Waals surface area contributed by atoms with Crippen LogP contribution in [0.3, 0.4) is 0 Å². The summed E-state index contributed by atoms with van der Waals surface area (Å²) in [6, 6.07) is 14.9. The topological polar surface area (TPSA) is 58.6 Å². The Morgan fingerprint density at radius 1 is 1.04 bits per heavy atom. The third kappa shape index (κ3) is 6.12. The molecule has 0 saturated heterocycles. The van der Waals surface area contributed by atoms with Gasteiger partial charge in [0.2, 0.25) is 11.8 Å². The largest absolute Gasteiger partial charge is 0.497 e. The molecule has 1 unspecified atom stereocenters. The fourth-order valence-corrected chi connectivity index (χ4v) is 3.01. The summed E-state index contributed by atoms with van der Waals surface area (Å²) in [4.78, 5) is 27.3. The van der Waals surface area contributed by atoms with Crippen molar-refractivity contribution in [3.05, 3.63) is 65.2 Å². The number of amides is 2. The molecule has 0 fully saturated rings. The number of nitrogens with zero attached hydrogens (tertiary/aromatic N) is 1. The van der Waals surface area contributed by atoms with E-state index in [0.717, 1.165) is 22.4 Å². The summed E-state index contributed by atoms with van der Waals surface area (Å²) in [5, 5.41) is 2.90. The minimum absolute atomic E-state index is 0.0182. The van der Waals surface area contributed by atoms with E-state index in [2.05, 4.69) is 5.32 Å². The van der Waals surface area contributed by atoms with Gasteiger partial charge in [-0.25, -0.2) is 0 Å². The highest BCUT2D eigenvalue weighted by molar-refractivity contribution is 5.88. The van der Waals surface area contributed by atoms with E-state index in [0.29, 0.717) is 6.54 Å². The van der Waals surface area contributed by atoms with Crippen LogP contribution in [0, 0.1) is 6.92 Å². The Balaban J connectivity index is 2.22. The maximum Gasteiger partial charge on any atom is 0.242 e. The van der Waals surface area contributed by atoms with Crippen LogP contribution in [-0.4, -0.2) is 35.9 Å². The van der Waals surface area contributed by atoms with Gasteiger partial charge in [0.25, 0.3) is 0 Å². The Hall–Kier alpha value is -2.82. The molecule has 0 aliphatic carbocycles. The van der Waals surface area contributed by atoms with Gasteiger partial charge in [-0.05, 0) is 51.0 Å². The Morgan fingerprint density at radius 3 is 2.29 bits per heavy atom. The third-order valence-corrected chi connectivity index (χ3v) is 4.55. The van der Waals surface area contributed by atoms with Crippen LogP contribution in [-0.2, 0) is 22.6 Å². The number of methoxy groups -OCH3 is 1. The van der Waals surface area contributed by atoms with Crippen molar-refractivity contribution >= 4 is 11.8 Å². The standard InChI is InChI=1S/C23H30N2O3/c1-16(2)24-23(27)18(4)25(15-19-9-11-21(28-5)12-10-19)22(26)14-20-8-6-7-17(3)13-20/h6-13,16,18H,14-15H2,1-5H3,(H,24,27). The smallest absolute Gasteiger partial charge is 0.242 e. The van der Waals surface area contributed by atoms with E-state index in [1.165, 1.54) is 0 Å². The molecule has 2 amide bonds. The van der Waals surface area contributed by atoms with Gasteiger partial charge in [0, 0.05) is 12.6 Å². The van der Waals surface area contributed by atoms with Crippen LogP contribution >= 0.6 is 0 Å². The Labute approximate surface area is 167 Å². The molecule has 2 aromatic carbocycles. The maximum absolute atomic E-state index is 13.1. The van der Waals surface area contributed by atoms with Crippen LogP contribution in [0.25, 0.3) is 0 Å². The maximum atomic E-state index is 13.1. The molecule has 5 heteroatoms. The summed E-state index contributed by atoms with van der Waals surface area (Å²) in [6.07, 6.45) is 0.261. The van der Waals surface area contributed by atoms with Crippen LogP contribution in [0.1, 0.15) is 37.5 Å². The zero-order valence-corrected chi connectivity index (χ0v) is 17.4. The van der Waals surface area contributed by atoms with E-state index in [1.54, 1.807) is 18.9 Å². The summed E-state index contributed by atoms with van der Waals surface area (Å²) in [7, 11) is 1.62. The Kier molecular flexibility index (Phi) is 7.61. The lowest BCUT2D eigenvalue weighted by Crippen LogP contribution is -2.49. The second-order valence-electron chi connectivity index (χ2n) is 7.37. The van der Waals surface area contributed by atoms with Crippen LogP contribution < -0.4 is 10.1 Å².